The fourth-order valence-electron chi connectivity index (χ4n) is 5.18. The van der Waals surface area contributed by atoms with Gasteiger partial charge in [0, 0.05) is 25.4 Å². The molecule has 0 saturated heterocycles. The van der Waals surface area contributed by atoms with Gasteiger partial charge in [0.05, 0.1) is 6.54 Å². The van der Waals surface area contributed by atoms with Crippen LogP contribution in [0.15, 0.2) is 0 Å². The minimum absolute atomic E-state index is 0.0392. The van der Waals surface area contributed by atoms with Gasteiger partial charge in [0.2, 0.25) is 0 Å². The zero-order valence-corrected chi connectivity index (χ0v) is 28.5. The van der Waals surface area contributed by atoms with Crippen molar-refractivity contribution in [3.8, 4) is 0 Å². The summed E-state index contributed by atoms with van der Waals surface area (Å²) >= 11 is 0. The Labute approximate surface area is 221 Å². The average molecular weight is 550 g/mol. The summed E-state index contributed by atoms with van der Waals surface area (Å²) in [6, 6.07) is 0.813. The second-order valence-electron chi connectivity index (χ2n) is 11.7. The van der Waals surface area contributed by atoms with Crippen LogP contribution in [0.2, 0.25) is 42.3 Å². The van der Waals surface area contributed by atoms with Gasteiger partial charge in [-0.2, -0.15) is 0 Å². The molecule has 35 heavy (non-hydrogen) atoms. The van der Waals surface area contributed by atoms with E-state index in [0.29, 0.717) is 36.4 Å². The van der Waals surface area contributed by atoms with Crippen molar-refractivity contribution >= 4 is 31.3 Å². The topological polar surface area (TPSA) is 57.2 Å². The zero-order valence-electron chi connectivity index (χ0n) is 25.5. The van der Waals surface area contributed by atoms with Gasteiger partial charge in [-0.3, -0.25) is 4.79 Å². The van der Waals surface area contributed by atoms with Crippen LogP contribution in [0.5, 0.6) is 0 Å². The molecule has 0 aromatic rings. The SMILES string of the molecule is CCO[Si](CCCCN(CC(=O)O[Si](C(C)C)(C(C)C)C(C)C)[Si](C)(C)C)(OCC)OC(C)CC. The maximum atomic E-state index is 13.3. The van der Waals surface area contributed by atoms with Crippen LogP contribution in [0, 0.1) is 0 Å². The van der Waals surface area contributed by atoms with Gasteiger partial charge in [0.25, 0.3) is 8.32 Å². The first kappa shape index (κ1) is 35.0. The van der Waals surface area contributed by atoms with Crippen LogP contribution in [-0.4, -0.2) is 68.3 Å². The highest BCUT2D eigenvalue weighted by Gasteiger charge is 2.48. The highest BCUT2D eigenvalue weighted by Crippen LogP contribution is 2.42. The molecule has 1 atom stereocenters. The molecule has 0 bridgehead atoms. The van der Waals surface area contributed by atoms with Crippen LogP contribution in [0.1, 0.15) is 88.5 Å². The fraction of sp³-hybridized carbons (Fsp3) is 0.962. The van der Waals surface area contributed by atoms with E-state index in [1.165, 1.54) is 0 Å². The predicted molar refractivity (Wildman–Crippen MR) is 156 cm³/mol. The third kappa shape index (κ3) is 11.1. The Morgan fingerprint density at radius 1 is 0.800 bits per heavy atom. The third-order valence-electron chi connectivity index (χ3n) is 7.11. The highest BCUT2D eigenvalue weighted by atomic mass is 28.4. The Morgan fingerprint density at radius 2 is 1.29 bits per heavy atom. The van der Waals surface area contributed by atoms with E-state index < -0.39 is 25.4 Å². The number of carbonyl (C=O) groups is 1. The van der Waals surface area contributed by atoms with Gasteiger partial charge < -0.3 is 22.3 Å². The number of nitrogens with zero attached hydrogens (tertiary/aromatic N) is 1. The van der Waals surface area contributed by atoms with E-state index in [-0.39, 0.29) is 12.1 Å². The maximum absolute atomic E-state index is 13.3. The summed E-state index contributed by atoms with van der Waals surface area (Å²) in [7, 11) is -6.61. The molecule has 6 nitrogen and oxygen atoms in total. The van der Waals surface area contributed by atoms with Crippen molar-refractivity contribution in [2.45, 2.75) is 137 Å². The van der Waals surface area contributed by atoms with Gasteiger partial charge in [-0.25, -0.2) is 0 Å². The van der Waals surface area contributed by atoms with Crippen LogP contribution >= 0.6 is 0 Å². The Balaban J connectivity index is 5.32. The van der Waals surface area contributed by atoms with Gasteiger partial charge in [0.15, 0.2) is 0 Å². The third-order valence-corrected chi connectivity index (χ3v) is 18.6. The van der Waals surface area contributed by atoms with Crippen molar-refractivity contribution in [2.75, 3.05) is 26.3 Å². The molecule has 0 amide bonds. The molecule has 0 aliphatic heterocycles. The number of hydrogen-bond acceptors (Lipinski definition) is 6. The Morgan fingerprint density at radius 3 is 1.66 bits per heavy atom. The normalized spacial score (nSPS) is 14.4. The summed E-state index contributed by atoms with van der Waals surface area (Å²) in [6.07, 6.45) is 3.01. The lowest BCUT2D eigenvalue weighted by Gasteiger charge is -2.42. The van der Waals surface area contributed by atoms with Crippen molar-refractivity contribution < 1.29 is 22.5 Å². The summed E-state index contributed by atoms with van der Waals surface area (Å²) < 4.78 is 27.5. The van der Waals surface area contributed by atoms with E-state index in [4.69, 9.17) is 17.7 Å². The summed E-state index contributed by atoms with van der Waals surface area (Å²) in [6.45, 7) is 31.0. The van der Waals surface area contributed by atoms with Crippen LogP contribution in [0.4, 0.5) is 0 Å². The molecule has 0 heterocycles. The number of unbranched alkanes of at least 4 members (excludes halogenated alkanes) is 1. The zero-order chi connectivity index (χ0) is 27.4. The van der Waals surface area contributed by atoms with Crippen molar-refractivity contribution in [3.63, 3.8) is 0 Å². The molecule has 0 spiro atoms. The van der Waals surface area contributed by atoms with Gasteiger partial charge in [-0.1, -0.05) is 68.1 Å². The van der Waals surface area contributed by atoms with E-state index in [2.05, 4.69) is 79.6 Å². The number of hydrogen-bond donors (Lipinski definition) is 0. The first-order valence-electron chi connectivity index (χ1n) is 14.0. The molecule has 0 aliphatic rings. The quantitative estimate of drug-likeness (QED) is 0.123. The number of carbonyl (C=O) groups excluding carboxylic acids is 1. The molecule has 9 heteroatoms. The van der Waals surface area contributed by atoms with E-state index >= 15 is 0 Å². The van der Waals surface area contributed by atoms with Gasteiger partial charge in [0.1, 0.15) is 8.24 Å². The maximum Gasteiger partial charge on any atom is 0.501 e. The van der Waals surface area contributed by atoms with Crippen LogP contribution < -0.4 is 0 Å². The Kier molecular flexibility index (Phi) is 16.0. The van der Waals surface area contributed by atoms with Crippen molar-refractivity contribution in [3.05, 3.63) is 0 Å². The molecule has 0 aromatic heterocycles. The summed E-state index contributed by atoms with van der Waals surface area (Å²) in [4.78, 5) is 13.3. The standard InChI is InChI=1S/C26H59NO5Si3/c1-14-25(10)31-34(29-15-2,30-16-3)20-18-17-19-27(33(11,12)13)21-26(28)32-35(22(4)5,23(6)7)24(8)9/h22-25H,14-21H2,1-13H3. The van der Waals surface area contributed by atoms with E-state index in [1.54, 1.807) is 0 Å². The second kappa shape index (κ2) is 16.0. The monoisotopic (exact) mass is 549 g/mol. The van der Waals surface area contributed by atoms with Crippen LogP contribution in [0.25, 0.3) is 0 Å². The molecule has 0 aliphatic carbocycles. The molecule has 0 N–H and O–H groups in total. The first-order valence-corrected chi connectivity index (χ1v) is 21.6. The molecule has 0 fully saturated rings. The van der Waals surface area contributed by atoms with Crippen LogP contribution in [-0.2, 0) is 22.5 Å². The average Bonchev–Trinajstić information content (AvgIpc) is 2.72. The lowest BCUT2D eigenvalue weighted by molar-refractivity contribution is -0.136. The molecule has 0 aromatic carbocycles. The molecular formula is C26H59NO5Si3. The molecule has 0 saturated carbocycles. The summed E-state index contributed by atoms with van der Waals surface area (Å²) in [5.74, 6) is -0.0392. The smallest absolute Gasteiger partial charge is 0.501 e. The lowest BCUT2D eigenvalue weighted by atomic mass is 10.3. The van der Waals surface area contributed by atoms with E-state index in [0.717, 1.165) is 31.9 Å². The highest BCUT2D eigenvalue weighted by molar-refractivity contribution is 6.79. The first-order chi connectivity index (χ1) is 16.1. The largest absolute Gasteiger partial charge is 0.517 e. The Hall–Kier alpha value is -0.0394. The minimum atomic E-state index is -2.69. The second-order valence-corrected chi connectivity index (χ2v) is 24.8. The van der Waals surface area contributed by atoms with E-state index in [9.17, 15) is 4.79 Å². The van der Waals surface area contributed by atoms with E-state index in [1.807, 2.05) is 13.8 Å². The minimum Gasteiger partial charge on any atom is -0.517 e. The molecule has 210 valence electrons. The van der Waals surface area contributed by atoms with Crippen molar-refractivity contribution in [1.82, 2.24) is 4.57 Å². The Bertz CT molecular complexity index is 568. The molecular weight excluding hydrogens is 491 g/mol. The molecule has 1 unspecified atom stereocenters. The van der Waals surface area contributed by atoms with Gasteiger partial charge in [-0.15, -0.1) is 0 Å². The molecule has 0 rings (SSSR count). The van der Waals surface area contributed by atoms with Crippen molar-refractivity contribution in [1.29, 1.82) is 0 Å². The fourth-order valence-corrected chi connectivity index (χ4v) is 14.7. The predicted octanol–water partition coefficient (Wildman–Crippen LogP) is 7.45. The molecule has 0 radical (unpaired) electrons. The lowest BCUT2D eigenvalue weighted by Crippen LogP contribution is -2.54. The van der Waals surface area contributed by atoms with Crippen molar-refractivity contribution in [2.24, 2.45) is 0 Å². The van der Waals surface area contributed by atoms with Gasteiger partial charge >= 0.3 is 14.8 Å². The number of rotatable bonds is 19. The summed E-state index contributed by atoms with van der Waals surface area (Å²) in [5, 5.41) is 0. The van der Waals surface area contributed by atoms with Crippen LogP contribution in [0.3, 0.4) is 0 Å². The summed E-state index contributed by atoms with van der Waals surface area (Å²) in [5.41, 5.74) is 1.19. The van der Waals surface area contributed by atoms with Gasteiger partial charge in [-0.05, 0) is 63.2 Å².